The Morgan fingerprint density at radius 3 is 2.53 bits per heavy atom. The molecule has 3 aliphatic heterocycles. The molecule has 0 saturated carbocycles. The largest absolute Gasteiger partial charge is 0.461 e. The number of nitrogens with one attached hydrogen (secondary N) is 1. The first-order valence-corrected chi connectivity index (χ1v) is 21.3. The van der Waals surface area contributed by atoms with Gasteiger partial charge in [-0.2, -0.15) is 15.2 Å². The summed E-state index contributed by atoms with van der Waals surface area (Å²) in [6.45, 7) is 21.2. The summed E-state index contributed by atoms with van der Waals surface area (Å²) < 4.78 is 19.2. The number of anilines is 2. The standard InChI is InChI=1S/C39H55N7O4Si/c1-38(2,3)49-37(47)46-24-30(50-51(7,8)39(4,5)6)22-29(46)26-48-36-42-33-25-44(34-15-11-13-27-12-9-10-14-31(27)34)20-17-32(33)35(43-36)45-21-19-41-28(23-45)16-18-40/h9-15,28-30,41H,16-17,19-26H2,1-8H3/t28?,29-,30+/m0/s1. The van der Waals surface area contributed by atoms with Crippen molar-refractivity contribution in [2.45, 2.75) is 109 Å². The van der Waals surface area contributed by atoms with E-state index in [1.807, 2.05) is 20.8 Å². The van der Waals surface area contributed by atoms with Gasteiger partial charge in [0, 0.05) is 55.4 Å². The molecule has 2 aromatic carbocycles. The van der Waals surface area contributed by atoms with Crippen LogP contribution in [0.3, 0.4) is 0 Å². The van der Waals surface area contributed by atoms with E-state index in [2.05, 4.69) is 97.5 Å². The number of hydrogen-bond acceptors (Lipinski definition) is 10. The average molecular weight is 714 g/mol. The average Bonchev–Trinajstić information content (AvgIpc) is 3.47. The minimum absolute atomic E-state index is 0.0435. The lowest BCUT2D eigenvalue weighted by atomic mass is 10.0. The zero-order valence-corrected chi connectivity index (χ0v) is 32.7. The van der Waals surface area contributed by atoms with E-state index in [-0.39, 0.29) is 35.9 Å². The van der Waals surface area contributed by atoms with Crippen molar-refractivity contribution in [1.82, 2.24) is 20.2 Å². The molecular formula is C39H55N7O4Si. The van der Waals surface area contributed by atoms with E-state index in [0.29, 0.717) is 38.5 Å². The molecule has 1 N–H and O–H groups in total. The Hall–Kier alpha value is -3.92. The van der Waals surface area contributed by atoms with Crippen LogP contribution in [0, 0.1) is 11.3 Å². The molecule has 2 fully saturated rings. The number of nitrogens with zero attached hydrogens (tertiary/aromatic N) is 6. The summed E-state index contributed by atoms with van der Waals surface area (Å²) in [5.41, 5.74) is 2.64. The molecule has 4 heterocycles. The third-order valence-electron chi connectivity index (χ3n) is 10.7. The number of likely N-dealkylation sites (tertiary alicyclic amines) is 1. The molecule has 12 heteroatoms. The molecule has 1 aromatic heterocycles. The molecule has 1 unspecified atom stereocenters. The van der Waals surface area contributed by atoms with Crippen molar-refractivity contribution in [2.24, 2.45) is 0 Å². The lowest BCUT2D eigenvalue weighted by Gasteiger charge is -2.38. The van der Waals surface area contributed by atoms with Gasteiger partial charge in [-0.1, -0.05) is 57.2 Å². The number of ether oxygens (including phenoxy) is 2. The molecule has 1 amide bonds. The van der Waals surface area contributed by atoms with Crippen molar-refractivity contribution in [3.8, 4) is 12.1 Å². The summed E-state index contributed by atoms with van der Waals surface area (Å²) >= 11 is 0. The van der Waals surface area contributed by atoms with E-state index >= 15 is 0 Å². The van der Waals surface area contributed by atoms with Crippen molar-refractivity contribution in [3.63, 3.8) is 0 Å². The quantitative estimate of drug-likeness (QED) is 0.254. The van der Waals surface area contributed by atoms with Crippen LogP contribution in [0.15, 0.2) is 42.5 Å². The molecule has 0 bridgehead atoms. The van der Waals surface area contributed by atoms with Crippen LogP contribution in [-0.2, 0) is 22.1 Å². The monoisotopic (exact) mass is 713 g/mol. The van der Waals surface area contributed by atoms with E-state index < -0.39 is 13.9 Å². The fourth-order valence-corrected chi connectivity index (χ4v) is 8.45. The SMILES string of the molecule is CC(C)(C)OC(=O)N1C[C@H](O[Si](C)(C)C(C)(C)C)C[C@H]1COc1nc2c(c(N3CCNC(CC#N)C3)n1)CCN(c1cccc3ccccc13)C2. The van der Waals surface area contributed by atoms with E-state index in [4.69, 9.17) is 23.9 Å². The van der Waals surface area contributed by atoms with Gasteiger partial charge >= 0.3 is 12.1 Å². The minimum Gasteiger partial charge on any atom is -0.461 e. The normalized spacial score (nSPS) is 21.4. The molecule has 0 spiro atoms. The molecule has 3 aliphatic rings. The van der Waals surface area contributed by atoms with Crippen LogP contribution >= 0.6 is 0 Å². The van der Waals surface area contributed by atoms with Gasteiger partial charge in [0.15, 0.2) is 8.32 Å². The number of hydrogen-bond donors (Lipinski definition) is 1. The van der Waals surface area contributed by atoms with E-state index in [0.717, 1.165) is 43.1 Å². The number of carbonyl (C=O) groups is 1. The Kier molecular flexibility index (Phi) is 10.6. The van der Waals surface area contributed by atoms with Gasteiger partial charge in [-0.25, -0.2) is 4.79 Å². The van der Waals surface area contributed by atoms with Crippen LogP contribution in [0.1, 0.15) is 65.6 Å². The highest BCUT2D eigenvalue weighted by Gasteiger charge is 2.45. The number of amides is 1. The highest BCUT2D eigenvalue weighted by atomic mass is 28.4. The Bertz CT molecular complexity index is 1760. The van der Waals surface area contributed by atoms with Crippen molar-refractivity contribution in [2.75, 3.05) is 49.1 Å². The van der Waals surface area contributed by atoms with Crippen molar-refractivity contribution < 1.29 is 18.7 Å². The number of carbonyl (C=O) groups excluding carboxylic acids is 1. The van der Waals surface area contributed by atoms with Crippen LogP contribution in [0.25, 0.3) is 10.8 Å². The number of nitriles is 1. The molecular weight excluding hydrogens is 659 g/mol. The topological polar surface area (TPSA) is 116 Å². The fourth-order valence-electron chi connectivity index (χ4n) is 7.09. The molecule has 3 aromatic rings. The Labute approximate surface area is 304 Å². The lowest BCUT2D eigenvalue weighted by molar-refractivity contribution is 0.0171. The van der Waals surface area contributed by atoms with Gasteiger partial charge in [-0.05, 0) is 63.2 Å². The number of aromatic nitrogens is 2. The minimum atomic E-state index is -2.08. The van der Waals surface area contributed by atoms with Crippen LogP contribution < -0.4 is 19.9 Å². The third-order valence-corrected chi connectivity index (χ3v) is 15.2. The molecule has 274 valence electrons. The molecule has 6 rings (SSSR count). The highest BCUT2D eigenvalue weighted by Crippen LogP contribution is 2.39. The molecule has 0 radical (unpaired) electrons. The summed E-state index contributed by atoms with van der Waals surface area (Å²) in [5, 5.41) is 15.4. The maximum Gasteiger partial charge on any atom is 0.410 e. The zero-order chi connectivity index (χ0) is 36.6. The van der Waals surface area contributed by atoms with Gasteiger partial charge in [0.1, 0.15) is 18.0 Å². The summed E-state index contributed by atoms with van der Waals surface area (Å²) in [6, 6.07) is 17.4. The molecule has 11 nitrogen and oxygen atoms in total. The van der Waals surface area contributed by atoms with Gasteiger partial charge < -0.3 is 29.0 Å². The number of fused-ring (bicyclic) bond motifs is 2. The maximum absolute atomic E-state index is 13.5. The molecule has 51 heavy (non-hydrogen) atoms. The zero-order valence-electron chi connectivity index (χ0n) is 31.7. The number of rotatable bonds is 8. The van der Waals surface area contributed by atoms with Crippen molar-refractivity contribution >= 4 is 36.7 Å². The molecule has 0 aliphatic carbocycles. The second-order valence-corrected chi connectivity index (χ2v) is 21.5. The Morgan fingerprint density at radius 1 is 1.02 bits per heavy atom. The predicted molar refractivity (Wildman–Crippen MR) is 204 cm³/mol. The summed E-state index contributed by atoms with van der Waals surface area (Å²) in [4.78, 5) is 30.1. The van der Waals surface area contributed by atoms with Gasteiger partial charge in [-0.15, -0.1) is 0 Å². The second kappa shape index (κ2) is 14.6. The van der Waals surface area contributed by atoms with Crippen LogP contribution in [0.2, 0.25) is 18.1 Å². The fraction of sp³-hybridized carbons (Fsp3) is 0.590. The third kappa shape index (κ3) is 8.43. The predicted octanol–water partition coefficient (Wildman–Crippen LogP) is 6.66. The number of piperazine rings is 1. The summed E-state index contributed by atoms with van der Waals surface area (Å²) in [7, 11) is -2.08. The van der Waals surface area contributed by atoms with Crippen LogP contribution in [0.4, 0.5) is 16.3 Å². The van der Waals surface area contributed by atoms with E-state index in [1.54, 1.807) is 4.90 Å². The first-order chi connectivity index (χ1) is 24.1. The lowest BCUT2D eigenvalue weighted by Crippen LogP contribution is -2.51. The Morgan fingerprint density at radius 2 is 1.78 bits per heavy atom. The number of benzene rings is 2. The van der Waals surface area contributed by atoms with Crippen LogP contribution in [-0.4, -0.2) is 92.4 Å². The van der Waals surface area contributed by atoms with E-state index in [9.17, 15) is 10.1 Å². The van der Waals surface area contributed by atoms with Crippen molar-refractivity contribution in [1.29, 1.82) is 5.26 Å². The second-order valence-electron chi connectivity index (χ2n) is 16.7. The van der Waals surface area contributed by atoms with Gasteiger partial charge in [0.25, 0.3) is 0 Å². The smallest absolute Gasteiger partial charge is 0.410 e. The molecule has 3 atom stereocenters. The van der Waals surface area contributed by atoms with Gasteiger partial charge in [0.2, 0.25) is 0 Å². The highest BCUT2D eigenvalue weighted by molar-refractivity contribution is 6.74. The first kappa shape index (κ1) is 36.9. The maximum atomic E-state index is 13.5. The Balaban J connectivity index is 1.29. The molecule has 2 saturated heterocycles. The summed E-state index contributed by atoms with van der Waals surface area (Å²) in [5.74, 6) is 0.881. The van der Waals surface area contributed by atoms with Gasteiger partial charge in [0.05, 0.1) is 36.9 Å². The first-order valence-electron chi connectivity index (χ1n) is 18.4. The van der Waals surface area contributed by atoms with Crippen molar-refractivity contribution in [3.05, 3.63) is 53.7 Å². The van der Waals surface area contributed by atoms with E-state index in [1.165, 1.54) is 16.5 Å². The van der Waals surface area contributed by atoms with Crippen LogP contribution in [0.5, 0.6) is 6.01 Å². The summed E-state index contributed by atoms with van der Waals surface area (Å²) in [6.07, 6.45) is 1.40. The van der Waals surface area contributed by atoms with Gasteiger partial charge in [-0.3, -0.25) is 4.90 Å².